The smallest absolute Gasteiger partial charge is 0.0443 e. The van der Waals surface area contributed by atoms with E-state index in [0.717, 1.165) is 19.4 Å². The summed E-state index contributed by atoms with van der Waals surface area (Å²) < 4.78 is 0. The van der Waals surface area contributed by atoms with Crippen molar-refractivity contribution in [3.8, 4) is 0 Å². The van der Waals surface area contributed by atoms with Gasteiger partial charge in [-0.1, -0.05) is 42.5 Å². The molecule has 2 aromatic carbocycles. The van der Waals surface area contributed by atoms with Gasteiger partial charge in [0.2, 0.25) is 0 Å². The molecule has 0 unspecified atom stereocenters. The molecule has 0 aromatic heterocycles. The topological polar surface area (TPSA) is 32.3 Å². The molecule has 19 heavy (non-hydrogen) atoms. The van der Waals surface area contributed by atoms with Crippen LogP contribution in [0.4, 0.5) is 0 Å². The molecule has 2 N–H and O–H groups in total. The Morgan fingerprint density at radius 1 is 1.05 bits per heavy atom. The second kappa shape index (κ2) is 6.18. The quantitative estimate of drug-likeness (QED) is 0.779. The Labute approximate surface area is 115 Å². The van der Waals surface area contributed by atoms with Crippen molar-refractivity contribution in [1.29, 1.82) is 0 Å². The fraction of sp³-hybridized carbons (Fsp3) is 0.412. The molecule has 0 aliphatic carbocycles. The summed E-state index contributed by atoms with van der Waals surface area (Å²) in [6, 6.07) is 15.1. The second-order valence-electron chi connectivity index (χ2n) is 5.75. The molecule has 0 aliphatic rings. The van der Waals surface area contributed by atoms with Crippen LogP contribution in [-0.4, -0.2) is 23.8 Å². The van der Waals surface area contributed by atoms with Gasteiger partial charge in [0.25, 0.3) is 0 Å². The maximum Gasteiger partial charge on any atom is 0.0443 e. The number of hydrogen-bond acceptors (Lipinski definition) is 2. The van der Waals surface area contributed by atoms with Gasteiger partial charge >= 0.3 is 0 Å². The molecule has 0 atom stereocenters. The highest BCUT2D eigenvalue weighted by molar-refractivity contribution is 5.83. The highest BCUT2D eigenvalue weighted by Crippen LogP contribution is 2.19. The van der Waals surface area contributed by atoms with Crippen LogP contribution >= 0.6 is 0 Å². The zero-order valence-electron chi connectivity index (χ0n) is 11.8. The van der Waals surface area contributed by atoms with Gasteiger partial charge in [-0.25, -0.2) is 0 Å². The number of fused-ring (bicyclic) bond motifs is 1. The normalized spacial score (nSPS) is 11.9. The van der Waals surface area contributed by atoms with E-state index in [1.54, 1.807) is 0 Å². The lowest BCUT2D eigenvalue weighted by molar-refractivity contribution is 0.274. The molecule has 0 radical (unpaired) electrons. The summed E-state index contributed by atoms with van der Waals surface area (Å²) >= 11 is 0. The summed E-state index contributed by atoms with van der Waals surface area (Å²) in [4.78, 5) is 0. The Morgan fingerprint density at radius 3 is 2.53 bits per heavy atom. The molecule has 2 heteroatoms. The third-order valence-corrected chi connectivity index (χ3v) is 3.40. The van der Waals surface area contributed by atoms with Crippen LogP contribution in [0.15, 0.2) is 42.5 Å². The molecule has 0 heterocycles. The molecule has 2 nitrogen and oxygen atoms in total. The fourth-order valence-electron chi connectivity index (χ4n) is 2.43. The molecule has 2 rings (SSSR count). The van der Waals surface area contributed by atoms with Crippen LogP contribution in [0.25, 0.3) is 10.8 Å². The van der Waals surface area contributed by atoms with Crippen molar-refractivity contribution in [2.75, 3.05) is 13.2 Å². The third-order valence-electron chi connectivity index (χ3n) is 3.40. The standard InChI is InChI=1S/C17H23NO/c1-17(2,18-10-5-11-19)13-14-8-9-15-6-3-4-7-16(15)12-14/h3-4,6-9,12,18-19H,5,10-11,13H2,1-2H3. The van der Waals surface area contributed by atoms with Crippen molar-refractivity contribution in [3.05, 3.63) is 48.0 Å². The van der Waals surface area contributed by atoms with Crippen LogP contribution in [0.5, 0.6) is 0 Å². The minimum atomic E-state index is 0.0532. The average Bonchev–Trinajstić information content (AvgIpc) is 2.38. The zero-order chi connectivity index (χ0) is 13.7. The van der Waals surface area contributed by atoms with E-state index in [1.165, 1.54) is 16.3 Å². The average molecular weight is 257 g/mol. The van der Waals surface area contributed by atoms with Gasteiger partial charge in [-0.2, -0.15) is 0 Å². The fourth-order valence-corrected chi connectivity index (χ4v) is 2.43. The molecular weight excluding hydrogens is 234 g/mol. The van der Waals surface area contributed by atoms with Gasteiger partial charge in [0.05, 0.1) is 0 Å². The molecule has 2 aromatic rings. The van der Waals surface area contributed by atoms with E-state index >= 15 is 0 Å². The highest BCUT2D eigenvalue weighted by atomic mass is 16.3. The first-order valence-corrected chi connectivity index (χ1v) is 6.94. The van der Waals surface area contributed by atoms with E-state index in [-0.39, 0.29) is 12.1 Å². The molecule has 0 saturated heterocycles. The first-order valence-electron chi connectivity index (χ1n) is 6.94. The Bertz CT molecular complexity index is 534. The van der Waals surface area contributed by atoms with Crippen LogP contribution in [0.1, 0.15) is 25.8 Å². The number of benzene rings is 2. The van der Waals surface area contributed by atoms with E-state index in [0.29, 0.717) is 0 Å². The van der Waals surface area contributed by atoms with E-state index in [4.69, 9.17) is 5.11 Å². The van der Waals surface area contributed by atoms with E-state index in [1.807, 2.05) is 0 Å². The lowest BCUT2D eigenvalue weighted by Gasteiger charge is -2.26. The van der Waals surface area contributed by atoms with Gasteiger partial charge in [-0.15, -0.1) is 0 Å². The van der Waals surface area contributed by atoms with Gasteiger partial charge < -0.3 is 10.4 Å². The van der Waals surface area contributed by atoms with Crippen molar-refractivity contribution in [2.24, 2.45) is 0 Å². The highest BCUT2D eigenvalue weighted by Gasteiger charge is 2.17. The third kappa shape index (κ3) is 4.05. The van der Waals surface area contributed by atoms with E-state index < -0.39 is 0 Å². The van der Waals surface area contributed by atoms with Gasteiger partial charge in [-0.05, 0) is 49.6 Å². The summed E-state index contributed by atoms with van der Waals surface area (Å²) in [6.07, 6.45) is 1.80. The Balaban J connectivity index is 2.07. The van der Waals surface area contributed by atoms with Crippen molar-refractivity contribution in [3.63, 3.8) is 0 Å². The van der Waals surface area contributed by atoms with Crippen LogP contribution in [0, 0.1) is 0 Å². The summed E-state index contributed by atoms with van der Waals surface area (Å²) in [5, 5.41) is 14.9. The molecule has 0 spiro atoms. The lowest BCUT2D eigenvalue weighted by Crippen LogP contribution is -2.42. The van der Waals surface area contributed by atoms with E-state index in [2.05, 4.69) is 61.6 Å². The van der Waals surface area contributed by atoms with Crippen LogP contribution in [0.2, 0.25) is 0 Å². The van der Waals surface area contributed by atoms with Gasteiger partial charge in [0.1, 0.15) is 0 Å². The lowest BCUT2D eigenvalue weighted by atomic mass is 9.93. The monoisotopic (exact) mass is 257 g/mol. The van der Waals surface area contributed by atoms with E-state index in [9.17, 15) is 0 Å². The van der Waals surface area contributed by atoms with Crippen molar-refractivity contribution >= 4 is 10.8 Å². The molecule has 0 amide bonds. The molecule has 0 aliphatic heterocycles. The SMILES string of the molecule is CC(C)(Cc1ccc2ccccc2c1)NCCCO. The van der Waals surface area contributed by atoms with Gasteiger partial charge in [-0.3, -0.25) is 0 Å². The Morgan fingerprint density at radius 2 is 1.79 bits per heavy atom. The summed E-state index contributed by atoms with van der Waals surface area (Å²) in [6.45, 7) is 5.52. The number of rotatable bonds is 6. The van der Waals surface area contributed by atoms with Crippen molar-refractivity contribution in [2.45, 2.75) is 32.2 Å². The summed E-state index contributed by atoms with van der Waals surface area (Å²) in [7, 11) is 0. The first-order chi connectivity index (χ1) is 9.11. The number of nitrogens with one attached hydrogen (secondary N) is 1. The predicted octanol–water partition coefficient (Wildman–Crippen LogP) is 3.13. The van der Waals surface area contributed by atoms with Crippen LogP contribution in [0.3, 0.4) is 0 Å². The Kier molecular flexibility index (Phi) is 4.56. The van der Waals surface area contributed by atoms with Gasteiger partial charge in [0, 0.05) is 12.1 Å². The molecule has 0 saturated carbocycles. The number of aliphatic hydroxyl groups excluding tert-OH is 1. The van der Waals surface area contributed by atoms with Crippen molar-refractivity contribution in [1.82, 2.24) is 5.32 Å². The first kappa shape index (κ1) is 14.0. The maximum absolute atomic E-state index is 8.83. The van der Waals surface area contributed by atoms with Crippen LogP contribution in [-0.2, 0) is 6.42 Å². The summed E-state index contributed by atoms with van der Waals surface area (Å²) in [5.74, 6) is 0. The van der Waals surface area contributed by atoms with Crippen LogP contribution < -0.4 is 5.32 Å². The van der Waals surface area contributed by atoms with Gasteiger partial charge in [0.15, 0.2) is 0 Å². The minimum absolute atomic E-state index is 0.0532. The predicted molar refractivity (Wildman–Crippen MR) is 81.4 cm³/mol. The van der Waals surface area contributed by atoms with Crippen molar-refractivity contribution < 1.29 is 5.11 Å². The summed E-state index contributed by atoms with van der Waals surface area (Å²) in [5.41, 5.74) is 1.40. The largest absolute Gasteiger partial charge is 0.396 e. The zero-order valence-corrected chi connectivity index (χ0v) is 11.8. The number of hydrogen-bond donors (Lipinski definition) is 2. The number of aliphatic hydroxyl groups is 1. The molecular formula is C17H23NO. The minimum Gasteiger partial charge on any atom is -0.396 e. The Hall–Kier alpha value is -1.38. The molecule has 0 fully saturated rings. The molecule has 0 bridgehead atoms. The molecule has 102 valence electrons. The second-order valence-corrected chi connectivity index (χ2v) is 5.75. The maximum atomic E-state index is 8.83.